The predicted octanol–water partition coefficient (Wildman–Crippen LogP) is 3.61. The molecule has 0 radical (unpaired) electrons. The second-order valence-electron chi connectivity index (χ2n) is 8.95. The number of hydrogen-bond donors (Lipinski definition) is 1. The molecule has 1 aliphatic rings. The molecule has 3 aromatic rings. The standard InChI is InChI=1S/C24H28FN5O2/c1-4-24(2,3)26-23(32)22(16-9-11-17(25)12-10-16)30(18-13-14-18)21(31)15-29-20-8-6-5-7-19(20)27-28-29/h5-12,18,22H,4,13-15H2,1-3H3,(H,26,32)/t22-/m0/s1. The second kappa shape index (κ2) is 8.68. The van der Waals surface area contributed by atoms with Crippen molar-refractivity contribution in [3.05, 3.63) is 59.9 Å². The zero-order valence-electron chi connectivity index (χ0n) is 18.6. The summed E-state index contributed by atoms with van der Waals surface area (Å²) in [5, 5.41) is 11.3. The van der Waals surface area contributed by atoms with Gasteiger partial charge >= 0.3 is 0 Å². The van der Waals surface area contributed by atoms with Gasteiger partial charge in [-0.1, -0.05) is 36.4 Å². The Kier molecular flexibility index (Phi) is 5.95. The van der Waals surface area contributed by atoms with Gasteiger partial charge in [-0.15, -0.1) is 5.10 Å². The van der Waals surface area contributed by atoms with Crippen LogP contribution >= 0.6 is 0 Å². The first kappa shape index (κ1) is 21.9. The minimum absolute atomic E-state index is 0.0286. The van der Waals surface area contributed by atoms with Gasteiger partial charge in [-0.3, -0.25) is 9.59 Å². The molecule has 1 aliphatic carbocycles. The third-order valence-electron chi connectivity index (χ3n) is 5.99. The number of aromatic nitrogens is 3. The van der Waals surface area contributed by atoms with E-state index in [4.69, 9.17) is 0 Å². The molecule has 2 aromatic carbocycles. The largest absolute Gasteiger partial charge is 0.349 e. The molecule has 32 heavy (non-hydrogen) atoms. The molecule has 0 spiro atoms. The summed E-state index contributed by atoms with van der Waals surface area (Å²) in [5.74, 6) is -0.880. The number of nitrogens with one attached hydrogen (secondary N) is 1. The van der Waals surface area contributed by atoms with Crippen molar-refractivity contribution in [3.63, 3.8) is 0 Å². The van der Waals surface area contributed by atoms with Crippen LogP contribution in [0.1, 0.15) is 51.6 Å². The Morgan fingerprint density at radius 3 is 2.53 bits per heavy atom. The number of para-hydroxylation sites is 1. The number of hydrogen-bond acceptors (Lipinski definition) is 4. The van der Waals surface area contributed by atoms with E-state index in [0.29, 0.717) is 11.1 Å². The molecule has 168 valence electrons. The van der Waals surface area contributed by atoms with E-state index in [0.717, 1.165) is 24.8 Å². The molecule has 1 heterocycles. The molecule has 0 aliphatic heterocycles. The van der Waals surface area contributed by atoms with Crippen LogP contribution < -0.4 is 5.32 Å². The molecular weight excluding hydrogens is 409 g/mol. The summed E-state index contributed by atoms with van der Waals surface area (Å²) in [7, 11) is 0. The van der Waals surface area contributed by atoms with E-state index in [-0.39, 0.29) is 30.2 Å². The molecule has 8 heteroatoms. The molecule has 1 atom stereocenters. The molecule has 1 aromatic heterocycles. The van der Waals surface area contributed by atoms with Crippen molar-refractivity contribution in [2.24, 2.45) is 0 Å². The van der Waals surface area contributed by atoms with Crippen molar-refractivity contribution in [3.8, 4) is 0 Å². The molecule has 1 saturated carbocycles. The van der Waals surface area contributed by atoms with Crippen LogP contribution in [-0.2, 0) is 16.1 Å². The lowest BCUT2D eigenvalue weighted by atomic mass is 9.98. The fourth-order valence-corrected chi connectivity index (χ4v) is 3.73. The summed E-state index contributed by atoms with van der Waals surface area (Å²) in [6.45, 7) is 5.85. The summed E-state index contributed by atoms with van der Waals surface area (Å²) >= 11 is 0. The fraction of sp³-hybridized carbons (Fsp3) is 0.417. The molecular formula is C24H28FN5O2. The van der Waals surface area contributed by atoms with Crippen molar-refractivity contribution < 1.29 is 14.0 Å². The average Bonchev–Trinajstić information content (AvgIpc) is 3.53. The van der Waals surface area contributed by atoms with Crippen LogP contribution in [-0.4, -0.2) is 43.3 Å². The molecule has 7 nitrogen and oxygen atoms in total. The Bertz CT molecular complexity index is 1120. The topological polar surface area (TPSA) is 80.1 Å². The van der Waals surface area contributed by atoms with E-state index in [9.17, 15) is 14.0 Å². The quantitative estimate of drug-likeness (QED) is 0.584. The second-order valence-corrected chi connectivity index (χ2v) is 8.95. The number of carbonyl (C=O) groups excluding carboxylic acids is 2. The van der Waals surface area contributed by atoms with Gasteiger partial charge in [0.1, 0.15) is 23.9 Å². The Morgan fingerprint density at radius 1 is 1.19 bits per heavy atom. The van der Waals surface area contributed by atoms with Crippen molar-refractivity contribution in [2.75, 3.05) is 0 Å². The van der Waals surface area contributed by atoms with Gasteiger partial charge in [-0.05, 0) is 62.9 Å². The fourth-order valence-electron chi connectivity index (χ4n) is 3.73. The smallest absolute Gasteiger partial charge is 0.247 e. The Balaban J connectivity index is 1.68. The first-order chi connectivity index (χ1) is 15.3. The molecule has 4 rings (SSSR count). The highest BCUT2D eigenvalue weighted by atomic mass is 19.1. The minimum Gasteiger partial charge on any atom is -0.349 e. The van der Waals surface area contributed by atoms with Crippen LogP contribution in [0.25, 0.3) is 11.0 Å². The lowest BCUT2D eigenvalue weighted by Crippen LogP contribution is -2.51. The first-order valence-corrected chi connectivity index (χ1v) is 11.0. The average molecular weight is 438 g/mol. The van der Waals surface area contributed by atoms with Crippen LogP contribution in [0.15, 0.2) is 48.5 Å². The highest BCUT2D eigenvalue weighted by Gasteiger charge is 2.42. The summed E-state index contributed by atoms with van der Waals surface area (Å²) in [6.07, 6.45) is 2.38. The number of halogens is 1. The normalized spacial score (nSPS) is 14.9. The minimum atomic E-state index is -0.851. The Morgan fingerprint density at radius 2 is 1.88 bits per heavy atom. The molecule has 0 bridgehead atoms. The summed E-state index contributed by atoms with van der Waals surface area (Å²) < 4.78 is 15.2. The summed E-state index contributed by atoms with van der Waals surface area (Å²) in [5.41, 5.74) is 1.61. The lowest BCUT2D eigenvalue weighted by molar-refractivity contribution is -0.143. The predicted molar refractivity (Wildman–Crippen MR) is 119 cm³/mol. The lowest BCUT2D eigenvalue weighted by Gasteiger charge is -2.34. The van der Waals surface area contributed by atoms with E-state index in [1.807, 2.05) is 45.0 Å². The zero-order valence-corrected chi connectivity index (χ0v) is 18.6. The number of amides is 2. The van der Waals surface area contributed by atoms with Crippen LogP contribution in [0.5, 0.6) is 0 Å². The van der Waals surface area contributed by atoms with Gasteiger partial charge in [-0.2, -0.15) is 0 Å². The maximum Gasteiger partial charge on any atom is 0.247 e. The zero-order chi connectivity index (χ0) is 22.9. The van der Waals surface area contributed by atoms with Crippen molar-refractivity contribution in [1.82, 2.24) is 25.2 Å². The van der Waals surface area contributed by atoms with Crippen molar-refractivity contribution >= 4 is 22.8 Å². The molecule has 1 fully saturated rings. The number of carbonyl (C=O) groups is 2. The summed E-state index contributed by atoms with van der Waals surface area (Å²) in [4.78, 5) is 28.6. The van der Waals surface area contributed by atoms with Crippen LogP contribution in [0.4, 0.5) is 4.39 Å². The van der Waals surface area contributed by atoms with E-state index in [1.165, 1.54) is 12.1 Å². The number of fused-ring (bicyclic) bond motifs is 1. The van der Waals surface area contributed by atoms with E-state index in [1.54, 1.807) is 21.7 Å². The van der Waals surface area contributed by atoms with Crippen LogP contribution in [0, 0.1) is 5.82 Å². The maximum absolute atomic E-state index is 13.6. The number of nitrogens with zero attached hydrogens (tertiary/aromatic N) is 4. The van der Waals surface area contributed by atoms with Gasteiger partial charge in [0.25, 0.3) is 0 Å². The molecule has 2 amide bonds. The van der Waals surface area contributed by atoms with Crippen molar-refractivity contribution in [1.29, 1.82) is 0 Å². The van der Waals surface area contributed by atoms with Crippen LogP contribution in [0.2, 0.25) is 0 Å². The third-order valence-corrected chi connectivity index (χ3v) is 5.99. The van der Waals surface area contributed by atoms with Gasteiger partial charge < -0.3 is 10.2 Å². The van der Waals surface area contributed by atoms with E-state index < -0.39 is 11.6 Å². The van der Waals surface area contributed by atoms with Gasteiger partial charge in [0, 0.05) is 11.6 Å². The molecule has 1 N–H and O–H groups in total. The summed E-state index contributed by atoms with van der Waals surface area (Å²) in [6, 6.07) is 12.3. The third kappa shape index (κ3) is 4.64. The van der Waals surface area contributed by atoms with Gasteiger partial charge in [0.2, 0.25) is 11.8 Å². The van der Waals surface area contributed by atoms with Crippen LogP contribution in [0.3, 0.4) is 0 Å². The monoisotopic (exact) mass is 437 g/mol. The van der Waals surface area contributed by atoms with Gasteiger partial charge in [0.15, 0.2) is 0 Å². The highest BCUT2D eigenvalue weighted by molar-refractivity contribution is 5.90. The van der Waals surface area contributed by atoms with E-state index in [2.05, 4.69) is 15.6 Å². The number of rotatable bonds is 8. The SMILES string of the molecule is CCC(C)(C)NC(=O)[C@H](c1ccc(F)cc1)N(C(=O)Cn1nnc2ccccc21)C1CC1. The Hall–Kier alpha value is -3.29. The van der Waals surface area contributed by atoms with Crippen molar-refractivity contribution in [2.45, 2.75) is 64.2 Å². The molecule has 0 saturated heterocycles. The van der Waals surface area contributed by atoms with Gasteiger partial charge in [-0.25, -0.2) is 9.07 Å². The molecule has 0 unspecified atom stereocenters. The first-order valence-electron chi connectivity index (χ1n) is 11.0. The highest BCUT2D eigenvalue weighted by Crippen LogP contribution is 2.35. The Labute approximate surface area is 186 Å². The van der Waals surface area contributed by atoms with E-state index >= 15 is 0 Å². The van der Waals surface area contributed by atoms with Gasteiger partial charge in [0.05, 0.1) is 5.52 Å². The maximum atomic E-state index is 13.6. The number of benzene rings is 2.